The summed E-state index contributed by atoms with van der Waals surface area (Å²) in [6.45, 7) is 4.47. The standard InChI is InChI=1S/C31H18FN5S2/c1-31(2)21-7-3-5-9-24(21)37(25-10-6-4-8-22(25)31)23-12-11-18-26-19(23)13-17(32)14-20(26)28-27(18)35-29(38-15-33)30(36-28)39-16-34/h3-14H,1-2H3. The lowest BCUT2D eigenvalue weighted by Crippen LogP contribution is -2.30. The molecule has 1 aliphatic carbocycles. The largest absolute Gasteiger partial charge is 0.309 e. The Morgan fingerprint density at radius 2 is 1.31 bits per heavy atom. The van der Waals surface area contributed by atoms with Gasteiger partial charge >= 0.3 is 0 Å². The summed E-state index contributed by atoms with van der Waals surface area (Å²) in [6.07, 6.45) is 0. The van der Waals surface area contributed by atoms with E-state index in [9.17, 15) is 10.5 Å². The van der Waals surface area contributed by atoms with E-state index in [-0.39, 0.29) is 11.2 Å². The molecule has 0 radical (unpaired) electrons. The van der Waals surface area contributed by atoms with Crippen molar-refractivity contribution in [2.45, 2.75) is 29.3 Å². The number of rotatable bonds is 3. The molecule has 0 saturated heterocycles. The van der Waals surface area contributed by atoms with Crippen LogP contribution in [-0.4, -0.2) is 9.97 Å². The van der Waals surface area contributed by atoms with Gasteiger partial charge in [-0.25, -0.2) is 14.4 Å². The van der Waals surface area contributed by atoms with E-state index in [0.29, 0.717) is 27.0 Å². The van der Waals surface area contributed by atoms with Crippen LogP contribution in [0.15, 0.2) is 82.8 Å². The lowest BCUT2D eigenvalue weighted by molar-refractivity contribution is 0.629. The van der Waals surface area contributed by atoms with E-state index in [1.807, 2.05) is 35.1 Å². The van der Waals surface area contributed by atoms with Crippen molar-refractivity contribution in [3.05, 3.63) is 89.7 Å². The van der Waals surface area contributed by atoms with E-state index in [0.717, 1.165) is 56.9 Å². The molecule has 0 unspecified atom stereocenters. The van der Waals surface area contributed by atoms with E-state index in [1.165, 1.54) is 17.2 Å². The third-order valence-corrected chi connectivity index (χ3v) is 8.83. The summed E-state index contributed by atoms with van der Waals surface area (Å²) in [7, 11) is 0. The fourth-order valence-electron chi connectivity index (χ4n) is 5.94. The highest BCUT2D eigenvalue weighted by atomic mass is 32.2. The van der Waals surface area contributed by atoms with E-state index in [2.05, 4.69) is 55.1 Å². The molecule has 5 aromatic rings. The minimum atomic E-state index is -0.380. The number of nitrogens with zero attached hydrogens (tertiary/aromatic N) is 5. The van der Waals surface area contributed by atoms with Gasteiger partial charge in [-0.2, -0.15) is 10.5 Å². The van der Waals surface area contributed by atoms with Crippen molar-refractivity contribution in [2.75, 3.05) is 4.90 Å². The summed E-state index contributed by atoms with van der Waals surface area (Å²) < 4.78 is 15.3. The summed E-state index contributed by atoms with van der Waals surface area (Å²) >= 11 is 1.72. The van der Waals surface area contributed by atoms with Crippen molar-refractivity contribution >= 4 is 51.4 Å². The van der Waals surface area contributed by atoms with E-state index >= 15 is 4.39 Å². The van der Waals surface area contributed by atoms with Crippen LogP contribution in [-0.2, 0) is 5.41 Å². The van der Waals surface area contributed by atoms with Crippen LogP contribution < -0.4 is 4.90 Å². The highest BCUT2D eigenvalue weighted by Crippen LogP contribution is 2.55. The summed E-state index contributed by atoms with van der Waals surface area (Å²) in [5.41, 5.74) is 7.71. The van der Waals surface area contributed by atoms with Crippen LogP contribution in [0.1, 0.15) is 25.0 Å². The Bertz CT molecular complexity index is 1900. The second kappa shape index (κ2) is 8.57. The molecule has 5 nitrogen and oxygen atoms in total. The topological polar surface area (TPSA) is 76.6 Å². The third-order valence-electron chi connectivity index (χ3n) is 7.56. The number of fused-ring (bicyclic) bond motifs is 5. The second-order valence-corrected chi connectivity index (χ2v) is 11.5. The first-order chi connectivity index (χ1) is 18.9. The maximum Gasteiger partial charge on any atom is 0.145 e. The number of hydrogen-bond acceptors (Lipinski definition) is 7. The highest BCUT2D eigenvalue weighted by molar-refractivity contribution is 8.06. The van der Waals surface area contributed by atoms with Gasteiger partial charge in [0.05, 0.1) is 28.5 Å². The van der Waals surface area contributed by atoms with Gasteiger partial charge in [0.2, 0.25) is 0 Å². The van der Waals surface area contributed by atoms with Gasteiger partial charge in [-0.3, -0.25) is 0 Å². The molecule has 0 fully saturated rings. The molecule has 2 aliphatic rings. The lowest BCUT2D eigenvalue weighted by atomic mass is 9.73. The van der Waals surface area contributed by atoms with Gasteiger partial charge in [-0.15, -0.1) is 0 Å². The normalized spacial score (nSPS) is 13.8. The highest BCUT2D eigenvalue weighted by Gasteiger charge is 2.38. The molecule has 1 aliphatic heterocycles. The fraction of sp³-hybridized carbons (Fsp3) is 0.0968. The number of thioether (sulfide) groups is 2. The molecule has 0 N–H and O–H groups in total. The SMILES string of the molecule is CC1(C)c2ccccc2N(c2ccc3c4c(cc(F)cc24)-c2nc(SC#N)c(SC#N)nc2-3)c2ccccc21. The minimum Gasteiger partial charge on any atom is -0.309 e. The first-order valence-corrected chi connectivity index (χ1v) is 13.9. The molecule has 7 rings (SSSR count). The molecule has 2 heterocycles. The van der Waals surface area contributed by atoms with Crippen molar-refractivity contribution in [3.63, 3.8) is 0 Å². The molecule has 0 amide bonds. The molecule has 1 aromatic heterocycles. The van der Waals surface area contributed by atoms with Gasteiger partial charge in [0.15, 0.2) is 0 Å². The summed E-state index contributed by atoms with van der Waals surface area (Å²) in [5, 5.41) is 25.0. The maximum atomic E-state index is 15.3. The van der Waals surface area contributed by atoms with Crippen LogP contribution in [0, 0.1) is 27.1 Å². The Morgan fingerprint density at radius 3 is 1.90 bits per heavy atom. The number of nitriles is 2. The Balaban J connectivity index is 1.53. The van der Waals surface area contributed by atoms with Crippen molar-refractivity contribution in [1.82, 2.24) is 9.97 Å². The van der Waals surface area contributed by atoms with Crippen LogP contribution in [0.2, 0.25) is 0 Å². The van der Waals surface area contributed by atoms with Crippen molar-refractivity contribution in [1.29, 1.82) is 10.5 Å². The van der Waals surface area contributed by atoms with Crippen molar-refractivity contribution < 1.29 is 4.39 Å². The summed E-state index contributed by atoms with van der Waals surface area (Å²) in [4.78, 5) is 11.7. The molecule has 39 heavy (non-hydrogen) atoms. The number of benzene rings is 4. The molecule has 186 valence electrons. The Labute approximate surface area is 232 Å². The van der Waals surface area contributed by atoms with Crippen LogP contribution in [0.3, 0.4) is 0 Å². The summed E-state index contributed by atoms with van der Waals surface area (Å²) in [6, 6.07) is 23.8. The van der Waals surface area contributed by atoms with E-state index < -0.39 is 0 Å². The number of aromatic nitrogens is 2. The minimum absolute atomic E-state index is 0.211. The van der Waals surface area contributed by atoms with Gasteiger partial charge in [-0.1, -0.05) is 50.2 Å². The Hall–Kier alpha value is -4.37. The molecule has 0 bridgehead atoms. The van der Waals surface area contributed by atoms with Gasteiger partial charge < -0.3 is 4.90 Å². The van der Waals surface area contributed by atoms with Gasteiger partial charge in [0.25, 0.3) is 0 Å². The first-order valence-electron chi connectivity index (χ1n) is 12.2. The lowest BCUT2D eigenvalue weighted by Gasteiger charge is -2.42. The Kier molecular flexibility index (Phi) is 5.21. The molecular weight excluding hydrogens is 526 g/mol. The van der Waals surface area contributed by atoms with E-state index in [4.69, 9.17) is 9.97 Å². The predicted octanol–water partition coefficient (Wildman–Crippen LogP) is 8.67. The average molecular weight is 544 g/mol. The predicted molar refractivity (Wildman–Crippen MR) is 154 cm³/mol. The van der Waals surface area contributed by atoms with Crippen LogP contribution in [0.25, 0.3) is 33.3 Å². The molecule has 0 saturated carbocycles. The smallest absolute Gasteiger partial charge is 0.145 e. The molecular formula is C31H18FN5S2. The second-order valence-electron chi connectivity index (χ2n) is 9.92. The van der Waals surface area contributed by atoms with Crippen LogP contribution >= 0.6 is 23.5 Å². The quantitative estimate of drug-likeness (QED) is 0.163. The number of halogens is 1. The van der Waals surface area contributed by atoms with Gasteiger partial charge in [0, 0.05) is 50.8 Å². The summed E-state index contributed by atoms with van der Waals surface area (Å²) in [5.74, 6) is -0.380. The number of anilines is 3. The third kappa shape index (κ3) is 3.32. The number of hydrogen-bond donors (Lipinski definition) is 0. The molecule has 4 aromatic carbocycles. The molecule has 0 spiro atoms. The van der Waals surface area contributed by atoms with Crippen molar-refractivity contribution in [2.24, 2.45) is 0 Å². The zero-order chi connectivity index (χ0) is 26.9. The fourth-order valence-corrected chi connectivity index (χ4v) is 6.90. The monoisotopic (exact) mass is 543 g/mol. The number of thiocyanates is 2. The zero-order valence-corrected chi connectivity index (χ0v) is 22.5. The number of para-hydroxylation sites is 2. The van der Waals surface area contributed by atoms with Crippen LogP contribution in [0.5, 0.6) is 0 Å². The van der Waals surface area contributed by atoms with Gasteiger partial charge in [0.1, 0.15) is 26.7 Å². The van der Waals surface area contributed by atoms with Crippen molar-refractivity contribution in [3.8, 4) is 33.3 Å². The van der Waals surface area contributed by atoms with Crippen LogP contribution in [0.4, 0.5) is 21.5 Å². The van der Waals surface area contributed by atoms with Gasteiger partial charge in [-0.05, 0) is 47.5 Å². The van der Waals surface area contributed by atoms with E-state index in [1.54, 1.807) is 6.07 Å². The molecule has 0 atom stereocenters. The first kappa shape index (κ1) is 23.7. The zero-order valence-electron chi connectivity index (χ0n) is 20.9. The average Bonchev–Trinajstić information content (AvgIpc) is 3.23. The maximum absolute atomic E-state index is 15.3. The molecule has 8 heteroatoms. The Morgan fingerprint density at radius 1 is 0.744 bits per heavy atom.